The van der Waals surface area contributed by atoms with Crippen molar-refractivity contribution in [3.63, 3.8) is 0 Å². The van der Waals surface area contributed by atoms with Gasteiger partial charge in [0.1, 0.15) is 5.58 Å². The maximum absolute atomic E-state index is 11.9. The molecule has 2 aromatic rings. The van der Waals surface area contributed by atoms with Crippen molar-refractivity contribution >= 4 is 22.8 Å². The molecule has 2 rings (SSSR count). The monoisotopic (exact) mass is 317 g/mol. The minimum absolute atomic E-state index is 0.0743. The summed E-state index contributed by atoms with van der Waals surface area (Å²) >= 11 is 0. The molecule has 5 heteroatoms. The van der Waals surface area contributed by atoms with E-state index in [0.29, 0.717) is 0 Å². The molecular weight excluding hydrogens is 294 g/mol. The summed E-state index contributed by atoms with van der Waals surface area (Å²) in [4.78, 5) is 23.5. The highest BCUT2D eigenvalue weighted by Gasteiger charge is 2.14. The maximum Gasteiger partial charge on any atom is 0.310 e. The molecule has 124 valence electrons. The quantitative estimate of drug-likeness (QED) is 0.831. The van der Waals surface area contributed by atoms with Crippen LogP contribution in [0, 0.1) is 13.8 Å². The number of fused-ring (bicyclic) bond motifs is 1. The first-order valence-electron chi connectivity index (χ1n) is 7.83. The number of ether oxygens (including phenoxy) is 1. The fraction of sp³-hybridized carbons (Fsp3) is 0.444. The van der Waals surface area contributed by atoms with E-state index in [2.05, 4.69) is 5.32 Å². The van der Waals surface area contributed by atoms with Gasteiger partial charge in [0, 0.05) is 17.0 Å². The summed E-state index contributed by atoms with van der Waals surface area (Å²) in [5.74, 6) is -0.721. The Labute approximate surface area is 136 Å². The van der Waals surface area contributed by atoms with Crippen LogP contribution in [0.1, 0.15) is 37.0 Å². The predicted octanol–water partition coefficient (Wildman–Crippen LogP) is 3.05. The number of esters is 1. The van der Waals surface area contributed by atoms with E-state index in [1.807, 2.05) is 39.8 Å². The van der Waals surface area contributed by atoms with E-state index in [-0.39, 0.29) is 25.0 Å². The molecule has 0 saturated carbocycles. The molecule has 0 aliphatic heterocycles. The van der Waals surface area contributed by atoms with E-state index < -0.39 is 5.97 Å². The second-order valence-electron chi connectivity index (χ2n) is 5.91. The molecule has 0 spiro atoms. The van der Waals surface area contributed by atoms with E-state index in [1.165, 1.54) is 0 Å². The summed E-state index contributed by atoms with van der Waals surface area (Å²) in [6, 6.07) is 4.04. The van der Waals surface area contributed by atoms with Gasteiger partial charge in [-0.1, -0.05) is 6.92 Å². The number of hydrogen-bond donors (Lipinski definition) is 1. The van der Waals surface area contributed by atoms with Gasteiger partial charge in [0.15, 0.2) is 6.61 Å². The molecule has 0 aliphatic rings. The predicted molar refractivity (Wildman–Crippen MR) is 88.2 cm³/mol. The molecule has 1 heterocycles. The van der Waals surface area contributed by atoms with Crippen LogP contribution in [0.3, 0.4) is 0 Å². The number of aryl methyl sites for hydroxylation is 2. The van der Waals surface area contributed by atoms with Crippen LogP contribution in [0.2, 0.25) is 0 Å². The van der Waals surface area contributed by atoms with Gasteiger partial charge in [-0.15, -0.1) is 0 Å². The number of furan rings is 1. The molecule has 23 heavy (non-hydrogen) atoms. The Morgan fingerprint density at radius 2 is 1.96 bits per heavy atom. The van der Waals surface area contributed by atoms with Crippen molar-refractivity contribution in [2.75, 3.05) is 6.61 Å². The van der Waals surface area contributed by atoms with Crippen LogP contribution in [0.4, 0.5) is 0 Å². The number of hydrogen-bond acceptors (Lipinski definition) is 4. The van der Waals surface area contributed by atoms with E-state index >= 15 is 0 Å². The van der Waals surface area contributed by atoms with Crippen LogP contribution in [0.5, 0.6) is 0 Å². The molecule has 1 amide bonds. The van der Waals surface area contributed by atoms with Gasteiger partial charge < -0.3 is 14.5 Å². The zero-order valence-electron chi connectivity index (χ0n) is 14.1. The molecule has 0 saturated heterocycles. The van der Waals surface area contributed by atoms with Crippen LogP contribution in [0.25, 0.3) is 11.0 Å². The van der Waals surface area contributed by atoms with Crippen LogP contribution in [-0.4, -0.2) is 24.5 Å². The van der Waals surface area contributed by atoms with Gasteiger partial charge in [-0.2, -0.15) is 0 Å². The Kier molecular flexibility index (Phi) is 5.42. The molecule has 0 bridgehead atoms. The lowest BCUT2D eigenvalue weighted by Gasteiger charge is -2.11. The number of rotatable bonds is 6. The number of carbonyl (C=O) groups excluding carboxylic acids is 2. The van der Waals surface area contributed by atoms with Gasteiger partial charge in [0.2, 0.25) is 0 Å². The van der Waals surface area contributed by atoms with Gasteiger partial charge >= 0.3 is 5.97 Å². The first-order chi connectivity index (χ1) is 10.9. The van der Waals surface area contributed by atoms with Crippen molar-refractivity contribution in [3.8, 4) is 0 Å². The minimum atomic E-state index is -0.440. The Morgan fingerprint density at radius 1 is 1.26 bits per heavy atom. The van der Waals surface area contributed by atoms with Crippen LogP contribution in [-0.2, 0) is 20.7 Å². The molecular formula is C18H23NO4. The molecule has 0 aliphatic carbocycles. The fourth-order valence-electron chi connectivity index (χ4n) is 2.24. The van der Waals surface area contributed by atoms with E-state index in [4.69, 9.17) is 9.15 Å². The normalized spacial score (nSPS) is 12.2. The molecule has 0 radical (unpaired) electrons. The first kappa shape index (κ1) is 17.1. The summed E-state index contributed by atoms with van der Waals surface area (Å²) in [7, 11) is 0. The third kappa shape index (κ3) is 4.34. The average molecular weight is 317 g/mol. The van der Waals surface area contributed by atoms with Crippen molar-refractivity contribution in [3.05, 3.63) is 35.1 Å². The van der Waals surface area contributed by atoms with E-state index in [1.54, 1.807) is 6.26 Å². The second-order valence-corrected chi connectivity index (χ2v) is 5.91. The highest BCUT2D eigenvalue weighted by molar-refractivity contribution is 5.87. The molecule has 1 atom stereocenters. The van der Waals surface area contributed by atoms with Crippen molar-refractivity contribution < 1.29 is 18.7 Å². The average Bonchev–Trinajstić information content (AvgIpc) is 2.87. The topological polar surface area (TPSA) is 68.5 Å². The fourth-order valence-corrected chi connectivity index (χ4v) is 2.24. The Morgan fingerprint density at radius 3 is 2.65 bits per heavy atom. The van der Waals surface area contributed by atoms with Gasteiger partial charge in [-0.05, 0) is 50.5 Å². The maximum atomic E-state index is 11.9. The summed E-state index contributed by atoms with van der Waals surface area (Å²) < 4.78 is 10.5. The van der Waals surface area contributed by atoms with Crippen molar-refractivity contribution in [2.24, 2.45) is 0 Å². The van der Waals surface area contributed by atoms with E-state index in [0.717, 1.165) is 34.1 Å². The van der Waals surface area contributed by atoms with E-state index in [9.17, 15) is 9.59 Å². The zero-order chi connectivity index (χ0) is 17.0. The number of carbonyl (C=O) groups is 2. The standard InChI is InChI=1S/C18H23NO4/c1-5-13(4)19-17(20)10-23-18(21)8-14-9-22-16-7-12(3)11(2)6-15(14)16/h6-7,9,13H,5,8,10H2,1-4H3,(H,19,20). The number of amides is 1. The van der Waals surface area contributed by atoms with Crippen molar-refractivity contribution in [1.82, 2.24) is 5.32 Å². The van der Waals surface area contributed by atoms with Crippen LogP contribution in [0.15, 0.2) is 22.8 Å². The number of benzene rings is 1. The molecule has 5 nitrogen and oxygen atoms in total. The Hall–Kier alpha value is -2.30. The molecule has 1 N–H and O–H groups in total. The third-order valence-corrected chi connectivity index (χ3v) is 3.99. The lowest BCUT2D eigenvalue weighted by molar-refractivity contribution is -0.148. The molecule has 1 aromatic heterocycles. The smallest absolute Gasteiger partial charge is 0.310 e. The lowest BCUT2D eigenvalue weighted by Crippen LogP contribution is -2.35. The SMILES string of the molecule is CCC(C)NC(=O)COC(=O)Cc1coc2cc(C)c(C)cc12. The van der Waals surface area contributed by atoms with Crippen molar-refractivity contribution in [2.45, 2.75) is 46.6 Å². The van der Waals surface area contributed by atoms with Gasteiger partial charge in [-0.25, -0.2) is 0 Å². The highest BCUT2D eigenvalue weighted by Crippen LogP contribution is 2.25. The Balaban J connectivity index is 1.96. The van der Waals surface area contributed by atoms with Gasteiger partial charge in [-0.3, -0.25) is 9.59 Å². The summed E-state index contributed by atoms with van der Waals surface area (Å²) in [6.07, 6.45) is 2.50. The highest BCUT2D eigenvalue weighted by atomic mass is 16.5. The Bertz CT molecular complexity index is 717. The zero-order valence-corrected chi connectivity index (χ0v) is 14.1. The molecule has 1 aromatic carbocycles. The molecule has 0 fully saturated rings. The molecule has 1 unspecified atom stereocenters. The largest absolute Gasteiger partial charge is 0.464 e. The summed E-state index contributed by atoms with van der Waals surface area (Å²) in [5.41, 5.74) is 3.81. The number of nitrogens with one attached hydrogen (secondary N) is 1. The van der Waals surface area contributed by atoms with Crippen LogP contribution < -0.4 is 5.32 Å². The summed E-state index contributed by atoms with van der Waals surface area (Å²) in [6.45, 7) is 7.66. The summed E-state index contributed by atoms with van der Waals surface area (Å²) in [5, 5.41) is 3.66. The van der Waals surface area contributed by atoms with Crippen LogP contribution >= 0.6 is 0 Å². The van der Waals surface area contributed by atoms with Gasteiger partial charge in [0.25, 0.3) is 5.91 Å². The first-order valence-corrected chi connectivity index (χ1v) is 7.83. The lowest BCUT2D eigenvalue weighted by atomic mass is 10.0. The van der Waals surface area contributed by atoms with Gasteiger partial charge in [0.05, 0.1) is 12.7 Å². The van der Waals surface area contributed by atoms with Crippen molar-refractivity contribution in [1.29, 1.82) is 0 Å². The third-order valence-electron chi connectivity index (χ3n) is 3.99. The second kappa shape index (κ2) is 7.31. The minimum Gasteiger partial charge on any atom is -0.464 e.